The molecule has 0 fully saturated rings. The lowest BCUT2D eigenvalue weighted by molar-refractivity contribution is -0.118. The van der Waals surface area contributed by atoms with Gasteiger partial charge < -0.3 is 19.5 Å². The summed E-state index contributed by atoms with van der Waals surface area (Å²) >= 11 is 1.33. The lowest BCUT2D eigenvalue weighted by Crippen LogP contribution is -2.27. The van der Waals surface area contributed by atoms with Gasteiger partial charge in [-0.2, -0.15) is 0 Å². The van der Waals surface area contributed by atoms with Crippen molar-refractivity contribution in [2.75, 3.05) is 33.1 Å². The van der Waals surface area contributed by atoms with E-state index in [1.54, 1.807) is 14.2 Å². The molecule has 1 aromatic heterocycles. The van der Waals surface area contributed by atoms with Crippen LogP contribution in [0, 0.1) is 0 Å². The van der Waals surface area contributed by atoms with Gasteiger partial charge >= 0.3 is 0 Å². The van der Waals surface area contributed by atoms with Gasteiger partial charge in [-0.1, -0.05) is 23.9 Å². The van der Waals surface area contributed by atoms with Gasteiger partial charge in [0.15, 0.2) is 11.0 Å². The van der Waals surface area contributed by atoms with Crippen LogP contribution in [0.15, 0.2) is 53.7 Å². The summed E-state index contributed by atoms with van der Waals surface area (Å²) in [5.74, 6) is 2.24. The first-order chi connectivity index (χ1) is 16.0. The SMILES string of the molecule is COc1ccc(-n2c(SCC(=O)NCCCOC(C)C)nnc2-c2ccccc2OC)cc1. The minimum atomic E-state index is -0.0623. The van der Waals surface area contributed by atoms with Crippen molar-refractivity contribution in [2.24, 2.45) is 0 Å². The Morgan fingerprint density at radius 2 is 1.82 bits per heavy atom. The lowest BCUT2D eigenvalue weighted by atomic mass is 10.2. The van der Waals surface area contributed by atoms with Crippen molar-refractivity contribution in [3.05, 3.63) is 48.5 Å². The minimum absolute atomic E-state index is 0.0623. The van der Waals surface area contributed by atoms with Crippen molar-refractivity contribution >= 4 is 17.7 Å². The van der Waals surface area contributed by atoms with Gasteiger partial charge in [-0.05, 0) is 56.7 Å². The molecular weight excluding hydrogens is 440 g/mol. The number of carbonyl (C=O) groups is 1. The molecule has 0 unspecified atom stereocenters. The van der Waals surface area contributed by atoms with Crippen LogP contribution in [0.25, 0.3) is 17.1 Å². The fraction of sp³-hybridized carbons (Fsp3) is 0.375. The van der Waals surface area contributed by atoms with Crippen LogP contribution in [0.1, 0.15) is 20.3 Å². The fourth-order valence-electron chi connectivity index (χ4n) is 3.13. The van der Waals surface area contributed by atoms with Crippen molar-refractivity contribution < 1.29 is 19.0 Å². The number of thioether (sulfide) groups is 1. The highest BCUT2D eigenvalue weighted by molar-refractivity contribution is 7.99. The van der Waals surface area contributed by atoms with E-state index in [0.717, 1.165) is 23.4 Å². The summed E-state index contributed by atoms with van der Waals surface area (Å²) in [5.41, 5.74) is 1.67. The Balaban J connectivity index is 1.78. The first-order valence-corrected chi connectivity index (χ1v) is 11.8. The second-order valence-electron chi connectivity index (χ2n) is 7.45. The molecule has 0 saturated carbocycles. The first-order valence-electron chi connectivity index (χ1n) is 10.8. The molecule has 33 heavy (non-hydrogen) atoms. The molecule has 0 radical (unpaired) electrons. The van der Waals surface area contributed by atoms with Crippen LogP contribution < -0.4 is 14.8 Å². The Bertz CT molecular complexity index is 1040. The van der Waals surface area contributed by atoms with E-state index in [2.05, 4.69) is 15.5 Å². The topological polar surface area (TPSA) is 87.5 Å². The third kappa shape index (κ3) is 6.72. The van der Waals surface area contributed by atoms with E-state index in [0.29, 0.717) is 29.9 Å². The maximum atomic E-state index is 12.4. The molecule has 0 saturated heterocycles. The number of hydrogen-bond donors (Lipinski definition) is 1. The van der Waals surface area contributed by atoms with Crippen molar-refractivity contribution in [2.45, 2.75) is 31.5 Å². The van der Waals surface area contributed by atoms with E-state index in [9.17, 15) is 4.79 Å². The highest BCUT2D eigenvalue weighted by Gasteiger charge is 2.19. The maximum absolute atomic E-state index is 12.4. The Kier molecular flexibility index (Phi) is 9.14. The van der Waals surface area contributed by atoms with Gasteiger partial charge in [0.1, 0.15) is 11.5 Å². The number of nitrogens with one attached hydrogen (secondary N) is 1. The predicted molar refractivity (Wildman–Crippen MR) is 129 cm³/mol. The Morgan fingerprint density at radius 1 is 1.06 bits per heavy atom. The van der Waals surface area contributed by atoms with Crippen LogP contribution in [0.3, 0.4) is 0 Å². The molecule has 3 rings (SSSR count). The number of benzene rings is 2. The zero-order chi connectivity index (χ0) is 23.6. The van der Waals surface area contributed by atoms with Crippen LogP contribution in [0.4, 0.5) is 0 Å². The maximum Gasteiger partial charge on any atom is 0.230 e. The molecule has 0 spiro atoms. The van der Waals surface area contributed by atoms with Gasteiger partial charge in [0, 0.05) is 13.2 Å². The molecule has 176 valence electrons. The average molecular weight is 471 g/mol. The van der Waals surface area contributed by atoms with Gasteiger partial charge in [-0.15, -0.1) is 10.2 Å². The van der Waals surface area contributed by atoms with Crippen LogP contribution >= 0.6 is 11.8 Å². The molecule has 0 bridgehead atoms. The summed E-state index contributed by atoms with van der Waals surface area (Å²) < 4.78 is 18.2. The number of hydrogen-bond acceptors (Lipinski definition) is 7. The number of carbonyl (C=O) groups excluding carboxylic acids is 1. The number of amides is 1. The number of nitrogens with zero attached hydrogens (tertiary/aromatic N) is 3. The monoisotopic (exact) mass is 470 g/mol. The number of ether oxygens (including phenoxy) is 3. The molecule has 2 aromatic carbocycles. The fourth-order valence-corrected chi connectivity index (χ4v) is 3.91. The second kappa shape index (κ2) is 12.3. The summed E-state index contributed by atoms with van der Waals surface area (Å²) in [5, 5.41) is 12.3. The summed E-state index contributed by atoms with van der Waals surface area (Å²) in [6.07, 6.45) is 0.965. The summed E-state index contributed by atoms with van der Waals surface area (Å²) in [6.45, 7) is 5.18. The number of rotatable bonds is 12. The van der Waals surface area contributed by atoms with E-state index >= 15 is 0 Å². The highest BCUT2D eigenvalue weighted by Crippen LogP contribution is 2.33. The van der Waals surface area contributed by atoms with Gasteiger partial charge in [0.2, 0.25) is 5.91 Å². The van der Waals surface area contributed by atoms with Gasteiger partial charge in [-0.3, -0.25) is 9.36 Å². The largest absolute Gasteiger partial charge is 0.497 e. The lowest BCUT2D eigenvalue weighted by Gasteiger charge is -2.13. The van der Waals surface area contributed by atoms with Crippen molar-refractivity contribution in [3.8, 4) is 28.6 Å². The quantitative estimate of drug-likeness (QED) is 0.316. The zero-order valence-corrected chi connectivity index (χ0v) is 20.2. The van der Waals surface area contributed by atoms with Crippen LogP contribution in [-0.2, 0) is 9.53 Å². The number of para-hydroxylation sites is 1. The van der Waals surface area contributed by atoms with E-state index < -0.39 is 0 Å². The summed E-state index contributed by atoms with van der Waals surface area (Å²) in [6, 6.07) is 15.3. The Hall–Kier alpha value is -3.04. The van der Waals surface area contributed by atoms with Gasteiger partial charge in [0.25, 0.3) is 0 Å². The minimum Gasteiger partial charge on any atom is -0.497 e. The first kappa shape index (κ1) is 24.6. The van der Waals surface area contributed by atoms with Crippen LogP contribution in [0.2, 0.25) is 0 Å². The third-order valence-electron chi connectivity index (χ3n) is 4.74. The van der Waals surface area contributed by atoms with Gasteiger partial charge in [0.05, 0.1) is 37.3 Å². The summed E-state index contributed by atoms with van der Waals surface area (Å²) in [4.78, 5) is 12.4. The van der Waals surface area contributed by atoms with E-state index in [1.807, 2.05) is 66.9 Å². The van der Waals surface area contributed by atoms with Crippen LogP contribution in [0.5, 0.6) is 11.5 Å². The molecule has 9 heteroatoms. The third-order valence-corrected chi connectivity index (χ3v) is 5.67. The zero-order valence-electron chi connectivity index (χ0n) is 19.4. The molecule has 3 aromatic rings. The van der Waals surface area contributed by atoms with E-state index in [4.69, 9.17) is 14.2 Å². The molecule has 0 aliphatic heterocycles. The van der Waals surface area contributed by atoms with Crippen LogP contribution in [-0.4, -0.2) is 59.9 Å². The molecule has 8 nitrogen and oxygen atoms in total. The molecule has 1 amide bonds. The van der Waals surface area contributed by atoms with Crippen molar-refractivity contribution in [3.63, 3.8) is 0 Å². The molecule has 1 N–H and O–H groups in total. The number of aromatic nitrogens is 3. The molecule has 0 aliphatic rings. The highest BCUT2D eigenvalue weighted by atomic mass is 32.2. The van der Waals surface area contributed by atoms with Crippen molar-refractivity contribution in [1.29, 1.82) is 0 Å². The molecule has 1 heterocycles. The predicted octanol–water partition coefficient (Wildman–Crippen LogP) is 3.97. The Morgan fingerprint density at radius 3 is 2.52 bits per heavy atom. The smallest absolute Gasteiger partial charge is 0.230 e. The van der Waals surface area contributed by atoms with E-state index in [1.165, 1.54) is 11.8 Å². The summed E-state index contributed by atoms with van der Waals surface area (Å²) in [7, 11) is 3.25. The van der Waals surface area contributed by atoms with Gasteiger partial charge in [-0.25, -0.2) is 0 Å². The second-order valence-corrected chi connectivity index (χ2v) is 8.39. The Labute approximate surface area is 198 Å². The average Bonchev–Trinajstić information content (AvgIpc) is 3.26. The van der Waals surface area contributed by atoms with Crippen molar-refractivity contribution in [1.82, 2.24) is 20.1 Å². The molecule has 0 aliphatic carbocycles. The molecular formula is C24H30N4O4S. The standard InChI is InChI=1S/C24H30N4O4S/c1-17(2)32-15-7-14-25-22(29)16-33-24-27-26-23(20-8-5-6-9-21(20)31-4)28(24)18-10-12-19(30-3)13-11-18/h5-6,8-13,17H,7,14-16H2,1-4H3,(H,25,29). The number of methoxy groups -OCH3 is 2. The molecule has 0 atom stereocenters. The normalized spacial score (nSPS) is 10.9. The van der Waals surface area contributed by atoms with E-state index in [-0.39, 0.29) is 17.8 Å².